The number of nitrogens with zero attached hydrogens (tertiary/aromatic N) is 1. The maximum Gasteiger partial charge on any atom is 0.243 e. The number of amides is 3. The first kappa shape index (κ1) is 20.5. The zero-order valence-electron chi connectivity index (χ0n) is 17.5. The van der Waals surface area contributed by atoms with Crippen LogP contribution in [0.15, 0.2) is 18.2 Å². The summed E-state index contributed by atoms with van der Waals surface area (Å²) in [6.07, 6.45) is 4.36. The quantitative estimate of drug-likeness (QED) is 0.740. The van der Waals surface area contributed by atoms with Crippen LogP contribution in [0.3, 0.4) is 0 Å². The van der Waals surface area contributed by atoms with Crippen molar-refractivity contribution in [2.45, 2.75) is 58.0 Å². The van der Waals surface area contributed by atoms with E-state index in [1.807, 2.05) is 13.8 Å². The van der Waals surface area contributed by atoms with Crippen LogP contribution in [0.1, 0.15) is 46.0 Å². The molecule has 1 aromatic carbocycles. The van der Waals surface area contributed by atoms with Gasteiger partial charge in [0, 0.05) is 30.8 Å². The number of rotatable bonds is 6. The first-order valence-electron chi connectivity index (χ1n) is 10.7. The van der Waals surface area contributed by atoms with Crippen LogP contribution in [-0.4, -0.2) is 43.1 Å². The van der Waals surface area contributed by atoms with Crippen LogP contribution >= 0.6 is 0 Å². The van der Waals surface area contributed by atoms with Gasteiger partial charge in [0.05, 0.1) is 5.92 Å². The van der Waals surface area contributed by atoms with Gasteiger partial charge in [0.1, 0.15) is 6.04 Å². The molecule has 2 heterocycles. The van der Waals surface area contributed by atoms with E-state index in [1.54, 1.807) is 23.1 Å². The van der Waals surface area contributed by atoms with Gasteiger partial charge in [-0.05, 0) is 30.9 Å². The first-order chi connectivity index (χ1) is 14.4. The van der Waals surface area contributed by atoms with Crippen molar-refractivity contribution in [1.82, 2.24) is 10.6 Å². The van der Waals surface area contributed by atoms with Gasteiger partial charge in [-0.2, -0.15) is 0 Å². The Balaban J connectivity index is 1.39. The van der Waals surface area contributed by atoms with Crippen LogP contribution in [-0.2, 0) is 14.4 Å². The molecule has 3 aliphatic rings. The van der Waals surface area contributed by atoms with Crippen LogP contribution < -0.4 is 25.0 Å². The summed E-state index contributed by atoms with van der Waals surface area (Å²) in [4.78, 5) is 39.8. The maximum atomic E-state index is 12.9. The molecule has 30 heavy (non-hydrogen) atoms. The number of carbonyl (C=O) groups is 3. The molecule has 2 N–H and O–H groups in total. The molecule has 2 atom stereocenters. The van der Waals surface area contributed by atoms with Crippen molar-refractivity contribution in [2.75, 3.05) is 18.2 Å². The van der Waals surface area contributed by atoms with Crippen molar-refractivity contribution in [2.24, 2.45) is 11.8 Å². The lowest BCUT2D eigenvalue weighted by atomic mass is 10.0. The second kappa shape index (κ2) is 8.53. The van der Waals surface area contributed by atoms with E-state index in [1.165, 1.54) is 0 Å². The highest BCUT2D eigenvalue weighted by Gasteiger charge is 2.38. The molecule has 8 nitrogen and oxygen atoms in total. The Morgan fingerprint density at radius 2 is 1.87 bits per heavy atom. The molecule has 0 aromatic heterocycles. The summed E-state index contributed by atoms with van der Waals surface area (Å²) in [5.74, 6) is 0.185. The van der Waals surface area contributed by atoms with Gasteiger partial charge in [-0.3, -0.25) is 14.4 Å². The molecule has 1 aromatic rings. The van der Waals surface area contributed by atoms with Crippen molar-refractivity contribution in [3.05, 3.63) is 18.2 Å². The van der Waals surface area contributed by atoms with Crippen LogP contribution in [0.25, 0.3) is 0 Å². The Morgan fingerprint density at radius 3 is 2.60 bits per heavy atom. The van der Waals surface area contributed by atoms with Crippen molar-refractivity contribution in [3.63, 3.8) is 0 Å². The number of nitrogens with one attached hydrogen (secondary N) is 2. The molecule has 1 saturated carbocycles. The summed E-state index contributed by atoms with van der Waals surface area (Å²) in [6, 6.07) is 4.91. The van der Waals surface area contributed by atoms with Crippen LogP contribution in [0.2, 0.25) is 0 Å². The lowest BCUT2D eigenvalue weighted by molar-refractivity contribution is -0.132. The number of ether oxygens (including phenoxy) is 2. The number of hydrogen-bond acceptors (Lipinski definition) is 5. The summed E-state index contributed by atoms with van der Waals surface area (Å²) < 4.78 is 10.7. The zero-order valence-corrected chi connectivity index (χ0v) is 17.5. The molecule has 1 saturated heterocycles. The van der Waals surface area contributed by atoms with Crippen molar-refractivity contribution in [1.29, 1.82) is 0 Å². The molecule has 3 amide bonds. The van der Waals surface area contributed by atoms with Gasteiger partial charge in [0.2, 0.25) is 24.5 Å². The fraction of sp³-hybridized carbons (Fsp3) is 0.591. The van der Waals surface area contributed by atoms with Gasteiger partial charge in [-0.15, -0.1) is 0 Å². The molecular weight excluding hydrogens is 386 g/mol. The van der Waals surface area contributed by atoms with Gasteiger partial charge in [0.15, 0.2) is 11.5 Å². The average Bonchev–Trinajstić information content (AvgIpc) is 3.45. The standard InChI is InChI=1S/C22H29N3O5/c1-13(2)20(22(28)23-15-5-3-4-6-15)24-21(27)14-9-19(26)25(11-14)16-7-8-17-18(10-16)30-12-29-17/h7-8,10,13-15,20H,3-6,9,11-12H2,1-2H3,(H,23,28)(H,24,27)/t14?,20-/m1/s1. The monoisotopic (exact) mass is 415 g/mol. The topological polar surface area (TPSA) is 97.0 Å². The number of benzene rings is 1. The van der Waals surface area contributed by atoms with Gasteiger partial charge in [0.25, 0.3) is 0 Å². The normalized spacial score (nSPS) is 21.9. The summed E-state index contributed by atoms with van der Waals surface area (Å²) in [7, 11) is 0. The van der Waals surface area contributed by atoms with Gasteiger partial charge in [-0.25, -0.2) is 0 Å². The average molecular weight is 415 g/mol. The lowest BCUT2D eigenvalue weighted by Crippen LogP contribution is -2.53. The van der Waals surface area contributed by atoms with E-state index in [0.717, 1.165) is 25.7 Å². The fourth-order valence-corrected chi connectivity index (χ4v) is 4.35. The van der Waals surface area contributed by atoms with Crippen molar-refractivity contribution in [3.8, 4) is 11.5 Å². The molecule has 0 radical (unpaired) electrons. The van der Waals surface area contributed by atoms with E-state index in [4.69, 9.17) is 9.47 Å². The molecule has 2 fully saturated rings. The van der Waals surface area contributed by atoms with E-state index in [9.17, 15) is 14.4 Å². The lowest BCUT2D eigenvalue weighted by Gasteiger charge is -2.25. The van der Waals surface area contributed by atoms with E-state index < -0.39 is 12.0 Å². The smallest absolute Gasteiger partial charge is 0.243 e. The predicted octanol–water partition coefficient (Wildman–Crippen LogP) is 1.97. The van der Waals surface area contributed by atoms with E-state index in [2.05, 4.69) is 10.6 Å². The Hall–Kier alpha value is -2.77. The molecule has 2 aliphatic heterocycles. The number of anilines is 1. The fourth-order valence-electron chi connectivity index (χ4n) is 4.35. The molecule has 1 aliphatic carbocycles. The van der Waals surface area contributed by atoms with E-state index in [0.29, 0.717) is 17.2 Å². The summed E-state index contributed by atoms with van der Waals surface area (Å²) in [6.45, 7) is 4.27. The SMILES string of the molecule is CC(C)[C@@H](NC(=O)C1CC(=O)N(c2ccc3c(c2)OCO3)C1)C(=O)NC1CCCC1. The predicted molar refractivity (Wildman–Crippen MR) is 110 cm³/mol. The first-order valence-corrected chi connectivity index (χ1v) is 10.7. The Labute approximate surface area is 176 Å². The Morgan fingerprint density at radius 1 is 1.13 bits per heavy atom. The third-order valence-corrected chi connectivity index (χ3v) is 6.11. The molecule has 162 valence electrons. The molecule has 0 spiro atoms. The largest absolute Gasteiger partial charge is 0.454 e. The summed E-state index contributed by atoms with van der Waals surface area (Å²) in [5, 5.41) is 5.96. The Bertz CT molecular complexity index is 834. The zero-order chi connectivity index (χ0) is 21.3. The van der Waals surface area contributed by atoms with Crippen molar-refractivity contribution >= 4 is 23.4 Å². The van der Waals surface area contributed by atoms with Gasteiger partial charge >= 0.3 is 0 Å². The van der Waals surface area contributed by atoms with Gasteiger partial charge < -0.3 is 25.0 Å². The van der Waals surface area contributed by atoms with Crippen LogP contribution in [0.4, 0.5) is 5.69 Å². The van der Waals surface area contributed by atoms with Crippen LogP contribution in [0.5, 0.6) is 11.5 Å². The molecule has 0 bridgehead atoms. The van der Waals surface area contributed by atoms with Crippen LogP contribution in [0, 0.1) is 11.8 Å². The molecule has 4 rings (SSSR count). The second-order valence-electron chi connectivity index (χ2n) is 8.66. The maximum absolute atomic E-state index is 12.9. The third kappa shape index (κ3) is 4.22. The minimum absolute atomic E-state index is 0.0441. The molecule has 1 unspecified atom stereocenters. The minimum Gasteiger partial charge on any atom is -0.454 e. The second-order valence-corrected chi connectivity index (χ2v) is 8.66. The highest BCUT2D eigenvalue weighted by atomic mass is 16.7. The number of hydrogen-bond donors (Lipinski definition) is 2. The summed E-state index contributed by atoms with van der Waals surface area (Å²) in [5.41, 5.74) is 0.680. The van der Waals surface area contributed by atoms with Gasteiger partial charge in [-0.1, -0.05) is 26.7 Å². The third-order valence-electron chi connectivity index (χ3n) is 6.11. The van der Waals surface area contributed by atoms with E-state index >= 15 is 0 Å². The summed E-state index contributed by atoms with van der Waals surface area (Å²) >= 11 is 0. The number of fused-ring (bicyclic) bond motifs is 1. The van der Waals surface area contributed by atoms with E-state index in [-0.39, 0.29) is 49.4 Å². The van der Waals surface area contributed by atoms with Crippen molar-refractivity contribution < 1.29 is 23.9 Å². The highest BCUT2D eigenvalue weighted by molar-refractivity contribution is 6.01. The number of carbonyl (C=O) groups excluding carboxylic acids is 3. The Kier molecular flexibility index (Phi) is 5.83. The highest BCUT2D eigenvalue weighted by Crippen LogP contribution is 2.37. The minimum atomic E-state index is -0.604. The molecule has 8 heteroatoms. The molecular formula is C22H29N3O5.